The first kappa shape index (κ1) is 13.6. The third-order valence-electron chi connectivity index (χ3n) is 0.646. The number of hydrogen-bond acceptors (Lipinski definition) is 4. The minimum Gasteiger partial charge on any atom is -0.394 e. The van der Waals surface area contributed by atoms with Gasteiger partial charge >= 0.3 is 7.82 Å². The van der Waals surface area contributed by atoms with Gasteiger partial charge in [0.1, 0.15) is 6.10 Å². The predicted octanol–water partition coefficient (Wildman–Crippen LogP) is -0.915. The highest BCUT2D eigenvalue weighted by Crippen LogP contribution is 2.35. The van der Waals surface area contributed by atoms with Gasteiger partial charge in [-0.05, 0) is 0 Å². The molecule has 70 valence electrons. The van der Waals surface area contributed by atoms with E-state index in [1.165, 1.54) is 0 Å². The summed E-state index contributed by atoms with van der Waals surface area (Å²) in [7, 11) is -4.50. The normalized spacial score (nSPS) is 13.8. The molecule has 0 aliphatic carbocycles. The van der Waals surface area contributed by atoms with Crippen LogP contribution >= 0.6 is 7.82 Å². The smallest absolute Gasteiger partial charge is 0.394 e. The van der Waals surface area contributed by atoms with Crippen molar-refractivity contribution in [3.05, 3.63) is 0 Å². The Morgan fingerprint density at radius 3 is 2.18 bits per heavy atom. The molecule has 1 unspecified atom stereocenters. The van der Waals surface area contributed by atoms with Gasteiger partial charge in [-0.2, -0.15) is 0 Å². The van der Waals surface area contributed by atoms with Crippen molar-refractivity contribution < 1.29 is 29.1 Å². The van der Waals surface area contributed by atoms with Gasteiger partial charge in [-0.15, -0.1) is 0 Å². The minimum absolute atomic E-state index is 0. The fourth-order valence-corrected chi connectivity index (χ4v) is 0.602. The number of rotatable bonds is 4. The van der Waals surface area contributed by atoms with E-state index >= 15 is 0 Å². The largest absolute Gasteiger partial charge is 0.469 e. The number of aliphatic hydroxyl groups is 2. The van der Waals surface area contributed by atoms with E-state index in [4.69, 9.17) is 20.0 Å². The molecule has 0 saturated heterocycles. The SMILES string of the molecule is C.O=P(O)(O)OCC(O)CO. The van der Waals surface area contributed by atoms with Gasteiger partial charge in [0, 0.05) is 0 Å². The molecule has 0 aromatic carbocycles. The molecule has 0 saturated carbocycles. The Labute approximate surface area is 64.7 Å². The number of phosphoric acid groups is 1. The molecule has 0 aromatic heterocycles. The highest BCUT2D eigenvalue weighted by molar-refractivity contribution is 7.46. The average molecular weight is 188 g/mol. The van der Waals surface area contributed by atoms with Gasteiger partial charge in [0.2, 0.25) is 0 Å². The maximum absolute atomic E-state index is 9.93. The van der Waals surface area contributed by atoms with Crippen LogP contribution < -0.4 is 0 Å². The zero-order valence-corrected chi connectivity index (χ0v) is 5.94. The molecule has 0 amide bonds. The first-order valence-electron chi connectivity index (χ1n) is 2.44. The van der Waals surface area contributed by atoms with E-state index in [2.05, 4.69) is 4.52 Å². The Hall–Kier alpha value is 0.0300. The third kappa shape index (κ3) is 10.0. The summed E-state index contributed by atoms with van der Waals surface area (Å²) >= 11 is 0. The van der Waals surface area contributed by atoms with Gasteiger partial charge < -0.3 is 20.0 Å². The van der Waals surface area contributed by atoms with Gasteiger partial charge in [-0.25, -0.2) is 4.57 Å². The molecule has 1 atom stereocenters. The van der Waals surface area contributed by atoms with Crippen LogP contribution in [0.25, 0.3) is 0 Å². The van der Waals surface area contributed by atoms with Crippen molar-refractivity contribution in [1.29, 1.82) is 0 Å². The summed E-state index contributed by atoms with van der Waals surface area (Å²) in [6.07, 6.45) is -1.24. The van der Waals surface area contributed by atoms with Crippen molar-refractivity contribution >= 4 is 7.82 Å². The van der Waals surface area contributed by atoms with E-state index in [0.29, 0.717) is 0 Å². The second-order valence-electron chi connectivity index (χ2n) is 1.62. The summed E-state index contributed by atoms with van der Waals surface area (Å²) < 4.78 is 13.8. The molecular formula is C4H13O6P. The summed E-state index contributed by atoms with van der Waals surface area (Å²) in [6, 6.07) is 0. The first-order chi connectivity index (χ1) is 4.45. The van der Waals surface area contributed by atoms with E-state index < -0.39 is 27.1 Å². The van der Waals surface area contributed by atoms with Crippen LogP contribution in [0.4, 0.5) is 0 Å². The molecule has 0 aromatic rings. The minimum atomic E-state index is -4.50. The molecular weight excluding hydrogens is 175 g/mol. The molecule has 6 nitrogen and oxygen atoms in total. The fraction of sp³-hybridized carbons (Fsp3) is 1.00. The highest BCUT2D eigenvalue weighted by Gasteiger charge is 2.15. The summed E-state index contributed by atoms with van der Waals surface area (Å²) in [5.74, 6) is 0. The van der Waals surface area contributed by atoms with Gasteiger partial charge in [0.15, 0.2) is 0 Å². The summed E-state index contributed by atoms with van der Waals surface area (Å²) in [5.41, 5.74) is 0. The Balaban J connectivity index is 0. The lowest BCUT2D eigenvalue weighted by Gasteiger charge is -2.07. The van der Waals surface area contributed by atoms with Crippen molar-refractivity contribution in [2.75, 3.05) is 13.2 Å². The zero-order valence-electron chi connectivity index (χ0n) is 5.04. The molecule has 0 spiro atoms. The van der Waals surface area contributed by atoms with Gasteiger partial charge in [-0.1, -0.05) is 7.43 Å². The standard InChI is InChI=1S/C3H9O6P.CH4/c4-1-3(5)2-9-10(6,7)8;/h3-5H,1-2H2,(H2,6,7,8);1H4. The lowest BCUT2D eigenvalue weighted by molar-refractivity contribution is 0.0419. The predicted molar refractivity (Wildman–Crippen MR) is 37.8 cm³/mol. The lowest BCUT2D eigenvalue weighted by Crippen LogP contribution is -2.18. The lowest BCUT2D eigenvalue weighted by atomic mass is 10.4. The van der Waals surface area contributed by atoms with Crippen LogP contribution in [0.2, 0.25) is 0 Å². The first-order valence-corrected chi connectivity index (χ1v) is 3.98. The Kier molecular flexibility index (Phi) is 6.99. The number of hydrogen-bond donors (Lipinski definition) is 4. The van der Waals surface area contributed by atoms with Crippen molar-refractivity contribution in [2.24, 2.45) is 0 Å². The molecule has 0 heterocycles. The Morgan fingerprint density at radius 2 is 1.91 bits per heavy atom. The van der Waals surface area contributed by atoms with Crippen LogP contribution in [-0.2, 0) is 9.09 Å². The zero-order chi connectivity index (χ0) is 8.20. The van der Waals surface area contributed by atoms with E-state index in [9.17, 15) is 4.57 Å². The van der Waals surface area contributed by atoms with Gasteiger partial charge in [0.05, 0.1) is 13.2 Å². The van der Waals surface area contributed by atoms with Crippen LogP contribution in [0, 0.1) is 0 Å². The molecule has 0 aliphatic rings. The van der Waals surface area contributed by atoms with E-state index in [0.717, 1.165) is 0 Å². The van der Waals surface area contributed by atoms with Crippen molar-refractivity contribution in [1.82, 2.24) is 0 Å². The molecule has 0 radical (unpaired) electrons. The topological polar surface area (TPSA) is 107 Å². The van der Waals surface area contributed by atoms with E-state index in [1.807, 2.05) is 0 Å². The summed E-state index contributed by atoms with van der Waals surface area (Å²) in [6.45, 7) is -1.15. The molecule has 0 rings (SSSR count). The van der Waals surface area contributed by atoms with E-state index in [1.54, 1.807) is 0 Å². The van der Waals surface area contributed by atoms with Gasteiger partial charge in [0.25, 0.3) is 0 Å². The maximum Gasteiger partial charge on any atom is 0.469 e. The second kappa shape index (κ2) is 5.65. The van der Waals surface area contributed by atoms with Gasteiger partial charge in [-0.3, -0.25) is 4.52 Å². The maximum atomic E-state index is 9.93. The van der Waals surface area contributed by atoms with E-state index in [-0.39, 0.29) is 7.43 Å². The second-order valence-corrected chi connectivity index (χ2v) is 2.86. The molecule has 11 heavy (non-hydrogen) atoms. The number of aliphatic hydroxyl groups excluding tert-OH is 2. The Bertz CT molecular complexity index is 131. The van der Waals surface area contributed by atoms with Crippen LogP contribution in [0.5, 0.6) is 0 Å². The molecule has 7 heteroatoms. The molecule has 0 aliphatic heterocycles. The summed E-state index contributed by atoms with van der Waals surface area (Å²) in [4.78, 5) is 16.1. The highest BCUT2D eigenvalue weighted by atomic mass is 31.2. The monoisotopic (exact) mass is 188 g/mol. The van der Waals surface area contributed by atoms with Crippen molar-refractivity contribution in [3.63, 3.8) is 0 Å². The molecule has 4 N–H and O–H groups in total. The van der Waals surface area contributed by atoms with Crippen molar-refractivity contribution in [2.45, 2.75) is 13.5 Å². The van der Waals surface area contributed by atoms with Crippen molar-refractivity contribution in [3.8, 4) is 0 Å². The third-order valence-corrected chi connectivity index (χ3v) is 1.13. The molecule has 0 bridgehead atoms. The quantitative estimate of drug-likeness (QED) is 0.425. The van der Waals surface area contributed by atoms with Crippen LogP contribution in [0.1, 0.15) is 7.43 Å². The van der Waals surface area contributed by atoms with Crippen LogP contribution in [0.15, 0.2) is 0 Å². The summed E-state index contributed by atoms with van der Waals surface area (Å²) in [5, 5.41) is 16.7. The average Bonchev–Trinajstić information content (AvgIpc) is 1.81. The molecule has 0 fully saturated rings. The van der Waals surface area contributed by atoms with Crippen LogP contribution in [0.3, 0.4) is 0 Å². The number of phosphoric ester groups is 1. The van der Waals surface area contributed by atoms with Crippen LogP contribution in [-0.4, -0.2) is 39.3 Å². The Morgan fingerprint density at radius 1 is 1.45 bits per heavy atom. The fourth-order valence-electron chi connectivity index (χ4n) is 0.236.